The Morgan fingerprint density at radius 1 is 0.913 bits per heavy atom. The molecule has 2 N–H and O–H groups in total. The third-order valence-electron chi connectivity index (χ3n) is 3.46. The maximum absolute atomic E-state index is 9.11. The Bertz CT molecular complexity index is 960. The predicted octanol–water partition coefficient (Wildman–Crippen LogP) is 3.00. The molecule has 0 radical (unpaired) electrons. The summed E-state index contributed by atoms with van der Waals surface area (Å²) in [5, 5.41) is 26.3. The van der Waals surface area contributed by atoms with Crippen molar-refractivity contribution in [3.05, 3.63) is 53.5 Å². The molecule has 4 aromatic rings. The molecule has 0 amide bonds. The summed E-state index contributed by atoms with van der Waals surface area (Å²) in [6.45, 7) is 0. The van der Waals surface area contributed by atoms with E-state index in [1.165, 1.54) is 0 Å². The first kappa shape index (κ1) is 14.0. The van der Waals surface area contributed by atoms with Gasteiger partial charge >= 0.3 is 0 Å². The molecule has 0 spiro atoms. The average molecular weight is 325 g/mol. The van der Waals surface area contributed by atoms with Crippen molar-refractivity contribution in [1.82, 2.24) is 15.2 Å². The Morgan fingerprint density at radius 2 is 1.61 bits per heavy atom. The number of nitrogens with zero attached hydrogens (tertiary/aromatic N) is 3. The second-order valence-electron chi connectivity index (χ2n) is 4.94. The van der Waals surface area contributed by atoms with E-state index in [9.17, 15) is 0 Å². The van der Waals surface area contributed by atoms with Crippen molar-refractivity contribution in [1.29, 1.82) is 0 Å². The minimum atomic E-state index is -1.49. The van der Waals surface area contributed by atoms with Gasteiger partial charge in [-0.25, -0.2) is 4.98 Å². The molecule has 0 saturated heterocycles. The fourth-order valence-electron chi connectivity index (χ4n) is 2.24. The van der Waals surface area contributed by atoms with E-state index in [1.54, 1.807) is 41.1 Å². The maximum atomic E-state index is 9.11. The summed E-state index contributed by atoms with van der Waals surface area (Å²) in [5.41, 5.74) is 4.70. The molecule has 23 heavy (non-hydrogen) atoms. The standard InChI is InChI=1S/C16H11N3O3S/c20-16(21)10-3-1-9(2-4-10)14-18-19-15(22-14)11-5-6-12-13(7-11)23-8-17-12/h1-8,16,20-21H. The lowest BCUT2D eigenvalue weighted by Gasteiger charge is -2.03. The van der Waals surface area contributed by atoms with Gasteiger partial charge in [0, 0.05) is 16.7 Å². The number of aliphatic hydroxyl groups excluding tert-OH is 1. The molecule has 0 aliphatic rings. The number of rotatable bonds is 3. The summed E-state index contributed by atoms with van der Waals surface area (Å²) in [5.74, 6) is 0.810. The van der Waals surface area contributed by atoms with E-state index in [4.69, 9.17) is 14.6 Å². The maximum Gasteiger partial charge on any atom is 0.248 e. The zero-order chi connectivity index (χ0) is 15.8. The van der Waals surface area contributed by atoms with Gasteiger partial charge in [0.1, 0.15) is 0 Å². The SMILES string of the molecule is OC(O)c1ccc(-c2nnc(-c3ccc4ncsc4c3)o2)cc1. The van der Waals surface area contributed by atoms with Gasteiger partial charge < -0.3 is 14.6 Å². The summed E-state index contributed by atoms with van der Waals surface area (Å²) in [7, 11) is 0. The van der Waals surface area contributed by atoms with Crippen LogP contribution in [0, 0.1) is 0 Å². The number of fused-ring (bicyclic) bond motifs is 1. The van der Waals surface area contributed by atoms with Gasteiger partial charge in [0.15, 0.2) is 6.29 Å². The Hall–Kier alpha value is -2.61. The van der Waals surface area contributed by atoms with Crippen LogP contribution in [-0.4, -0.2) is 25.4 Å². The van der Waals surface area contributed by atoms with Gasteiger partial charge in [0.25, 0.3) is 0 Å². The van der Waals surface area contributed by atoms with E-state index < -0.39 is 6.29 Å². The molecular formula is C16H11N3O3S. The molecular weight excluding hydrogens is 314 g/mol. The van der Waals surface area contributed by atoms with Gasteiger partial charge in [-0.05, 0) is 30.3 Å². The molecule has 2 heterocycles. The van der Waals surface area contributed by atoms with Gasteiger partial charge in [-0.2, -0.15) is 0 Å². The molecule has 4 rings (SSSR count). The van der Waals surface area contributed by atoms with Crippen molar-refractivity contribution in [3.63, 3.8) is 0 Å². The van der Waals surface area contributed by atoms with Crippen LogP contribution in [0.5, 0.6) is 0 Å². The van der Waals surface area contributed by atoms with Crippen LogP contribution in [0.3, 0.4) is 0 Å². The van der Waals surface area contributed by atoms with Gasteiger partial charge in [-0.15, -0.1) is 21.5 Å². The number of aliphatic hydroxyl groups is 2. The van der Waals surface area contributed by atoms with Crippen LogP contribution in [0.4, 0.5) is 0 Å². The van der Waals surface area contributed by atoms with Gasteiger partial charge in [0.2, 0.25) is 11.8 Å². The molecule has 0 unspecified atom stereocenters. The van der Waals surface area contributed by atoms with E-state index in [1.807, 2.05) is 18.2 Å². The topological polar surface area (TPSA) is 92.3 Å². The van der Waals surface area contributed by atoms with Crippen LogP contribution < -0.4 is 0 Å². The number of hydrogen-bond donors (Lipinski definition) is 2. The Morgan fingerprint density at radius 3 is 2.35 bits per heavy atom. The zero-order valence-corrected chi connectivity index (χ0v) is 12.6. The van der Waals surface area contributed by atoms with Crippen LogP contribution in [0.1, 0.15) is 11.9 Å². The van der Waals surface area contributed by atoms with E-state index >= 15 is 0 Å². The van der Waals surface area contributed by atoms with Crippen molar-refractivity contribution in [2.24, 2.45) is 0 Å². The minimum absolute atomic E-state index is 0.378. The van der Waals surface area contributed by atoms with E-state index in [2.05, 4.69) is 15.2 Å². The second kappa shape index (κ2) is 5.54. The third-order valence-corrected chi connectivity index (χ3v) is 4.25. The molecule has 114 valence electrons. The molecule has 0 atom stereocenters. The van der Waals surface area contributed by atoms with Gasteiger partial charge in [-0.1, -0.05) is 12.1 Å². The van der Waals surface area contributed by atoms with Crippen LogP contribution in [0.15, 0.2) is 52.4 Å². The van der Waals surface area contributed by atoms with Crippen LogP contribution >= 0.6 is 11.3 Å². The van der Waals surface area contributed by atoms with Crippen LogP contribution in [-0.2, 0) is 0 Å². The summed E-state index contributed by atoms with van der Waals surface area (Å²) in [6.07, 6.45) is -1.49. The molecule has 0 saturated carbocycles. The molecule has 6 nitrogen and oxygen atoms in total. The average Bonchev–Trinajstić information content (AvgIpc) is 3.23. The van der Waals surface area contributed by atoms with E-state index in [0.29, 0.717) is 22.9 Å². The summed E-state index contributed by atoms with van der Waals surface area (Å²) in [4.78, 5) is 4.24. The minimum Gasteiger partial charge on any atom is -0.416 e. The van der Waals surface area contributed by atoms with Crippen LogP contribution in [0.2, 0.25) is 0 Å². The van der Waals surface area contributed by atoms with Crippen LogP contribution in [0.25, 0.3) is 33.1 Å². The monoisotopic (exact) mass is 325 g/mol. The number of benzene rings is 2. The van der Waals surface area contributed by atoms with Crippen molar-refractivity contribution in [3.8, 4) is 22.9 Å². The smallest absolute Gasteiger partial charge is 0.248 e. The molecule has 0 fully saturated rings. The highest BCUT2D eigenvalue weighted by Gasteiger charge is 2.12. The number of hydrogen-bond acceptors (Lipinski definition) is 7. The largest absolute Gasteiger partial charge is 0.416 e. The predicted molar refractivity (Wildman–Crippen MR) is 85.5 cm³/mol. The Balaban J connectivity index is 1.67. The molecule has 2 aromatic heterocycles. The highest BCUT2D eigenvalue weighted by Crippen LogP contribution is 2.28. The van der Waals surface area contributed by atoms with Crippen molar-refractivity contribution in [2.75, 3.05) is 0 Å². The molecule has 0 bridgehead atoms. The van der Waals surface area contributed by atoms with E-state index in [0.717, 1.165) is 15.8 Å². The third kappa shape index (κ3) is 2.61. The lowest BCUT2D eigenvalue weighted by atomic mass is 10.1. The number of thiazole rings is 1. The van der Waals surface area contributed by atoms with Crippen molar-refractivity contribution in [2.45, 2.75) is 6.29 Å². The summed E-state index contributed by atoms with van der Waals surface area (Å²) >= 11 is 1.56. The van der Waals surface area contributed by atoms with Gasteiger partial charge in [-0.3, -0.25) is 0 Å². The highest BCUT2D eigenvalue weighted by atomic mass is 32.1. The first-order chi connectivity index (χ1) is 11.2. The quantitative estimate of drug-likeness (QED) is 0.563. The number of aromatic nitrogens is 3. The Kier molecular flexibility index (Phi) is 3.38. The molecule has 0 aliphatic carbocycles. The van der Waals surface area contributed by atoms with Crippen molar-refractivity contribution >= 4 is 21.6 Å². The van der Waals surface area contributed by atoms with Crippen molar-refractivity contribution < 1.29 is 14.6 Å². The Labute approximate surface area is 134 Å². The zero-order valence-electron chi connectivity index (χ0n) is 11.7. The summed E-state index contributed by atoms with van der Waals surface area (Å²) < 4.78 is 6.78. The fourth-order valence-corrected chi connectivity index (χ4v) is 2.96. The molecule has 0 aliphatic heterocycles. The normalized spacial score (nSPS) is 11.4. The highest BCUT2D eigenvalue weighted by molar-refractivity contribution is 7.16. The summed E-state index contributed by atoms with van der Waals surface area (Å²) in [6, 6.07) is 12.4. The van der Waals surface area contributed by atoms with Gasteiger partial charge in [0.05, 0.1) is 15.7 Å². The van der Waals surface area contributed by atoms with E-state index in [-0.39, 0.29) is 0 Å². The second-order valence-corrected chi connectivity index (χ2v) is 5.83. The lowest BCUT2D eigenvalue weighted by molar-refractivity contribution is -0.0424. The lowest BCUT2D eigenvalue weighted by Crippen LogP contribution is -1.93. The molecule has 7 heteroatoms. The fraction of sp³-hybridized carbons (Fsp3) is 0.0625. The first-order valence-electron chi connectivity index (χ1n) is 6.84. The first-order valence-corrected chi connectivity index (χ1v) is 7.72. The molecule has 2 aromatic carbocycles.